The predicted molar refractivity (Wildman–Crippen MR) is 67.9 cm³/mol. The SMILES string of the molecule is Fc1ccc(NCc2cc3c(s2)CCC3)nc1. The van der Waals surface area contributed by atoms with Gasteiger partial charge in [0.15, 0.2) is 0 Å². The van der Waals surface area contributed by atoms with E-state index in [4.69, 9.17) is 0 Å². The quantitative estimate of drug-likeness (QED) is 0.900. The van der Waals surface area contributed by atoms with E-state index in [1.54, 1.807) is 6.07 Å². The number of aromatic nitrogens is 1. The first kappa shape index (κ1) is 10.7. The van der Waals surface area contributed by atoms with Gasteiger partial charge in [0, 0.05) is 9.75 Å². The molecule has 4 heteroatoms. The van der Waals surface area contributed by atoms with Crippen molar-refractivity contribution in [2.75, 3.05) is 5.32 Å². The zero-order valence-corrected chi connectivity index (χ0v) is 10.2. The second-order valence-corrected chi connectivity index (χ2v) is 5.45. The summed E-state index contributed by atoms with van der Waals surface area (Å²) in [6.45, 7) is 0.774. The first-order chi connectivity index (χ1) is 8.31. The highest BCUT2D eigenvalue weighted by Gasteiger charge is 2.14. The summed E-state index contributed by atoms with van der Waals surface area (Å²) >= 11 is 1.88. The van der Waals surface area contributed by atoms with Gasteiger partial charge in [-0.15, -0.1) is 11.3 Å². The molecule has 0 saturated carbocycles. The van der Waals surface area contributed by atoms with Gasteiger partial charge in [-0.2, -0.15) is 0 Å². The number of aryl methyl sites for hydroxylation is 2. The predicted octanol–water partition coefficient (Wildman–Crippen LogP) is 3.38. The Morgan fingerprint density at radius 3 is 3.06 bits per heavy atom. The van der Waals surface area contributed by atoms with E-state index in [-0.39, 0.29) is 5.82 Å². The number of hydrogen-bond donors (Lipinski definition) is 1. The molecule has 0 amide bonds. The number of rotatable bonds is 3. The van der Waals surface area contributed by atoms with E-state index in [0.29, 0.717) is 0 Å². The summed E-state index contributed by atoms with van der Waals surface area (Å²) < 4.78 is 12.7. The molecule has 0 radical (unpaired) electrons. The zero-order chi connectivity index (χ0) is 11.7. The van der Waals surface area contributed by atoms with E-state index in [1.165, 1.54) is 46.8 Å². The second kappa shape index (κ2) is 4.45. The van der Waals surface area contributed by atoms with Crippen molar-refractivity contribution in [3.05, 3.63) is 45.5 Å². The Morgan fingerprint density at radius 1 is 1.35 bits per heavy atom. The van der Waals surface area contributed by atoms with Gasteiger partial charge in [0.1, 0.15) is 11.6 Å². The topological polar surface area (TPSA) is 24.9 Å². The number of halogens is 1. The largest absolute Gasteiger partial charge is 0.365 e. The number of hydrogen-bond acceptors (Lipinski definition) is 3. The van der Waals surface area contributed by atoms with Gasteiger partial charge in [-0.1, -0.05) is 0 Å². The first-order valence-electron chi connectivity index (χ1n) is 5.77. The summed E-state index contributed by atoms with van der Waals surface area (Å²) in [4.78, 5) is 6.85. The molecule has 0 spiro atoms. The lowest BCUT2D eigenvalue weighted by Crippen LogP contribution is -1.99. The maximum atomic E-state index is 12.7. The molecule has 1 N–H and O–H groups in total. The average Bonchev–Trinajstić information content (AvgIpc) is 2.88. The smallest absolute Gasteiger partial charge is 0.141 e. The maximum Gasteiger partial charge on any atom is 0.141 e. The fourth-order valence-corrected chi connectivity index (χ4v) is 3.34. The highest BCUT2D eigenvalue weighted by Crippen LogP contribution is 2.30. The van der Waals surface area contributed by atoms with Gasteiger partial charge in [0.2, 0.25) is 0 Å². The lowest BCUT2D eigenvalue weighted by atomic mass is 10.2. The summed E-state index contributed by atoms with van der Waals surface area (Å²) in [6.07, 6.45) is 4.99. The zero-order valence-electron chi connectivity index (χ0n) is 9.37. The molecule has 1 aliphatic carbocycles. The number of pyridine rings is 1. The highest BCUT2D eigenvalue weighted by molar-refractivity contribution is 7.12. The highest BCUT2D eigenvalue weighted by atomic mass is 32.1. The molecular weight excluding hydrogens is 235 g/mol. The van der Waals surface area contributed by atoms with Gasteiger partial charge in [0.25, 0.3) is 0 Å². The van der Waals surface area contributed by atoms with Gasteiger partial charge in [-0.05, 0) is 43.0 Å². The second-order valence-electron chi connectivity index (χ2n) is 4.23. The normalized spacial score (nSPS) is 13.7. The molecule has 1 aliphatic rings. The first-order valence-corrected chi connectivity index (χ1v) is 6.59. The Balaban J connectivity index is 1.65. The number of anilines is 1. The van der Waals surface area contributed by atoms with Crippen LogP contribution in [0.25, 0.3) is 0 Å². The monoisotopic (exact) mass is 248 g/mol. The Kier molecular flexibility index (Phi) is 2.81. The minimum absolute atomic E-state index is 0.300. The molecule has 0 atom stereocenters. The molecule has 0 aromatic carbocycles. The van der Waals surface area contributed by atoms with Crippen molar-refractivity contribution in [1.82, 2.24) is 4.98 Å². The van der Waals surface area contributed by atoms with E-state index in [0.717, 1.165) is 12.4 Å². The molecule has 0 unspecified atom stereocenters. The molecule has 88 valence electrons. The van der Waals surface area contributed by atoms with Crippen LogP contribution in [-0.4, -0.2) is 4.98 Å². The number of nitrogens with zero attached hydrogens (tertiary/aromatic N) is 1. The third kappa shape index (κ3) is 2.31. The summed E-state index contributed by atoms with van der Waals surface area (Å²) in [7, 11) is 0. The van der Waals surface area contributed by atoms with E-state index in [2.05, 4.69) is 16.4 Å². The minimum Gasteiger partial charge on any atom is -0.365 e. The fourth-order valence-electron chi connectivity index (χ4n) is 2.14. The van der Waals surface area contributed by atoms with Gasteiger partial charge in [-0.25, -0.2) is 9.37 Å². The van der Waals surface area contributed by atoms with E-state index in [1.807, 2.05) is 11.3 Å². The van der Waals surface area contributed by atoms with Crippen LogP contribution in [0.3, 0.4) is 0 Å². The van der Waals surface area contributed by atoms with Crippen molar-refractivity contribution in [3.8, 4) is 0 Å². The average molecular weight is 248 g/mol. The molecule has 0 fully saturated rings. The molecule has 2 nitrogen and oxygen atoms in total. The van der Waals surface area contributed by atoms with Gasteiger partial charge < -0.3 is 5.32 Å². The van der Waals surface area contributed by atoms with Crippen molar-refractivity contribution in [3.63, 3.8) is 0 Å². The van der Waals surface area contributed by atoms with Crippen LogP contribution in [0.4, 0.5) is 10.2 Å². The Hall–Kier alpha value is -1.42. The van der Waals surface area contributed by atoms with Crippen molar-refractivity contribution in [2.45, 2.75) is 25.8 Å². The van der Waals surface area contributed by atoms with Crippen LogP contribution in [0, 0.1) is 5.82 Å². The van der Waals surface area contributed by atoms with Crippen LogP contribution in [0.15, 0.2) is 24.4 Å². The number of fused-ring (bicyclic) bond motifs is 1. The third-order valence-electron chi connectivity index (χ3n) is 2.97. The summed E-state index contributed by atoms with van der Waals surface area (Å²) in [5.41, 5.74) is 1.51. The van der Waals surface area contributed by atoms with Crippen LogP contribution >= 0.6 is 11.3 Å². The molecule has 0 saturated heterocycles. The molecule has 0 aliphatic heterocycles. The lowest BCUT2D eigenvalue weighted by Gasteiger charge is -2.03. The molecule has 17 heavy (non-hydrogen) atoms. The van der Waals surface area contributed by atoms with Gasteiger partial charge in [0.05, 0.1) is 12.7 Å². The van der Waals surface area contributed by atoms with Crippen molar-refractivity contribution < 1.29 is 4.39 Å². The molecule has 2 aromatic rings. The molecular formula is C13H13FN2S. The van der Waals surface area contributed by atoms with Crippen LogP contribution in [0.5, 0.6) is 0 Å². The summed E-state index contributed by atoms with van der Waals surface area (Å²) in [6, 6.07) is 5.36. The van der Waals surface area contributed by atoms with Crippen LogP contribution in [0.1, 0.15) is 21.7 Å². The number of thiophene rings is 1. The molecule has 3 rings (SSSR count). The van der Waals surface area contributed by atoms with E-state index in [9.17, 15) is 4.39 Å². The lowest BCUT2D eigenvalue weighted by molar-refractivity contribution is 0.621. The van der Waals surface area contributed by atoms with Crippen LogP contribution in [0.2, 0.25) is 0 Å². The van der Waals surface area contributed by atoms with Crippen LogP contribution in [-0.2, 0) is 19.4 Å². The minimum atomic E-state index is -0.300. The van der Waals surface area contributed by atoms with E-state index < -0.39 is 0 Å². The summed E-state index contributed by atoms with van der Waals surface area (Å²) in [5, 5.41) is 3.21. The maximum absolute atomic E-state index is 12.7. The molecule has 2 heterocycles. The van der Waals surface area contributed by atoms with Crippen molar-refractivity contribution >= 4 is 17.2 Å². The molecule has 2 aromatic heterocycles. The van der Waals surface area contributed by atoms with Crippen molar-refractivity contribution in [1.29, 1.82) is 0 Å². The standard InChI is InChI=1S/C13H13FN2S/c14-10-4-5-13(15-7-10)16-8-11-6-9-2-1-3-12(9)17-11/h4-7H,1-3,8H2,(H,15,16). The van der Waals surface area contributed by atoms with E-state index >= 15 is 0 Å². The fraction of sp³-hybridized carbons (Fsp3) is 0.308. The Morgan fingerprint density at radius 2 is 2.29 bits per heavy atom. The van der Waals surface area contributed by atoms with Crippen LogP contribution < -0.4 is 5.32 Å². The summed E-state index contributed by atoms with van der Waals surface area (Å²) in [5.74, 6) is 0.422. The Bertz CT molecular complexity index is 497. The Labute approximate surface area is 104 Å². The van der Waals surface area contributed by atoms with Crippen molar-refractivity contribution in [2.24, 2.45) is 0 Å². The molecule has 0 bridgehead atoms. The third-order valence-corrected chi connectivity index (χ3v) is 4.21. The van der Waals surface area contributed by atoms with Gasteiger partial charge >= 0.3 is 0 Å². The number of nitrogens with one attached hydrogen (secondary N) is 1. The van der Waals surface area contributed by atoms with Gasteiger partial charge in [-0.3, -0.25) is 0 Å².